The van der Waals surface area contributed by atoms with Crippen molar-refractivity contribution in [2.24, 2.45) is 11.7 Å². The molecule has 1 heterocycles. The highest BCUT2D eigenvalue weighted by molar-refractivity contribution is 7.16. The van der Waals surface area contributed by atoms with E-state index in [0.717, 1.165) is 16.9 Å². The molecule has 2 atom stereocenters. The van der Waals surface area contributed by atoms with Gasteiger partial charge < -0.3 is 11.1 Å². The van der Waals surface area contributed by atoms with Crippen LogP contribution in [0.5, 0.6) is 0 Å². The van der Waals surface area contributed by atoms with E-state index >= 15 is 0 Å². The Labute approximate surface area is 133 Å². The molecule has 114 valence electrons. The van der Waals surface area contributed by atoms with Gasteiger partial charge in [-0.1, -0.05) is 30.3 Å². The summed E-state index contributed by atoms with van der Waals surface area (Å²) >= 11 is 1.41. The minimum Gasteiger partial charge on any atom is -0.365 e. The van der Waals surface area contributed by atoms with Crippen LogP contribution in [-0.2, 0) is 4.79 Å². The van der Waals surface area contributed by atoms with E-state index in [4.69, 9.17) is 5.73 Å². The monoisotopic (exact) mass is 314 g/mol. The SMILES string of the molecule is Cc1sc(NC(=O)[C@@H]2C[C@H]2c2ccccc2)c(C(N)=O)c1C. The molecular weight excluding hydrogens is 296 g/mol. The Bertz CT molecular complexity index is 737. The Morgan fingerprint density at radius 1 is 1.23 bits per heavy atom. The van der Waals surface area contributed by atoms with E-state index < -0.39 is 5.91 Å². The number of aryl methyl sites for hydroxylation is 1. The standard InChI is InChI=1S/C17H18N2O2S/c1-9-10(2)22-17(14(9)15(18)20)19-16(21)13-8-12(13)11-6-4-3-5-7-11/h3-7,12-13H,8H2,1-2H3,(H2,18,20)(H,19,21)/t12-,13+/m0/s1. The summed E-state index contributed by atoms with van der Waals surface area (Å²) in [7, 11) is 0. The molecule has 0 unspecified atom stereocenters. The summed E-state index contributed by atoms with van der Waals surface area (Å²) in [4.78, 5) is 25.0. The Hall–Kier alpha value is -2.14. The lowest BCUT2D eigenvalue weighted by Crippen LogP contribution is -2.18. The number of nitrogens with two attached hydrogens (primary N) is 1. The lowest BCUT2D eigenvalue weighted by atomic mass is 10.1. The number of carbonyl (C=O) groups excluding carboxylic acids is 2. The van der Waals surface area contributed by atoms with Gasteiger partial charge in [-0.05, 0) is 37.3 Å². The van der Waals surface area contributed by atoms with E-state index in [1.54, 1.807) is 0 Å². The van der Waals surface area contributed by atoms with Crippen LogP contribution >= 0.6 is 11.3 Å². The van der Waals surface area contributed by atoms with E-state index in [0.29, 0.717) is 10.6 Å². The Balaban J connectivity index is 1.74. The fourth-order valence-electron chi connectivity index (χ4n) is 2.77. The maximum atomic E-state index is 12.4. The number of thiophene rings is 1. The number of amides is 2. The molecule has 0 bridgehead atoms. The molecule has 2 amide bonds. The smallest absolute Gasteiger partial charge is 0.251 e. The van der Waals surface area contributed by atoms with Gasteiger partial charge in [0, 0.05) is 10.8 Å². The number of hydrogen-bond donors (Lipinski definition) is 2. The van der Waals surface area contributed by atoms with Crippen LogP contribution in [-0.4, -0.2) is 11.8 Å². The molecule has 3 N–H and O–H groups in total. The summed E-state index contributed by atoms with van der Waals surface area (Å²) in [5.41, 5.74) is 7.91. The number of benzene rings is 1. The van der Waals surface area contributed by atoms with Gasteiger partial charge in [0.2, 0.25) is 5.91 Å². The first-order valence-electron chi connectivity index (χ1n) is 7.24. The quantitative estimate of drug-likeness (QED) is 0.909. The van der Waals surface area contributed by atoms with Gasteiger partial charge in [-0.3, -0.25) is 9.59 Å². The summed E-state index contributed by atoms with van der Waals surface area (Å²) < 4.78 is 0. The maximum Gasteiger partial charge on any atom is 0.251 e. The van der Waals surface area contributed by atoms with Crippen LogP contribution in [0.15, 0.2) is 30.3 Å². The summed E-state index contributed by atoms with van der Waals surface area (Å²) in [6.45, 7) is 3.78. The van der Waals surface area contributed by atoms with E-state index in [1.165, 1.54) is 16.9 Å². The van der Waals surface area contributed by atoms with Crippen molar-refractivity contribution in [2.45, 2.75) is 26.2 Å². The van der Waals surface area contributed by atoms with Gasteiger partial charge in [-0.2, -0.15) is 0 Å². The van der Waals surface area contributed by atoms with Crippen molar-refractivity contribution in [1.82, 2.24) is 0 Å². The van der Waals surface area contributed by atoms with Crippen molar-refractivity contribution in [2.75, 3.05) is 5.32 Å². The molecule has 0 spiro atoms. The molecular formula is C17H18N2O2S. The summed E-state index contributed by atoms with van der Waals surface area (Å²) in [5, 5.41) is 3.47. The Kier molecular flexibility index (Phi) is 3.74. The molecule has 2 aromatic rings. The number of rotatable bonds is 4. The second-order valence-electron chi connectivity index (χ2n) is 5.70. The van der Waals surface area contributed by atoms with E-state index in [-0.39, 0.29) is 17.7 Å². The van der Waals surface area contributed by atoms with Crippen molar-refractivity contribution < 1.29 is 9.59 Å². The fraction of sp³-hybridized carbons (Fsp3) is 0.294. The summed E-state index contributed by atoms with van der Waals surface area (Å²) in [5.74, 6) is -0.267. The highest BCUT2D eigenvalue weighted by atomic mass is 32.1. The number of carbonyl (C=O) groups is 2. The highest BCUT2D eigenvalue weighted by Gasteiger charge is 2.44. The third-order valence-electron chi connectivity index (χ3n) is 4.22. The van der Waals surface area contributed by atoms with E-state index in [2.05, 4.69) is 5.32 Å². The average molecular weight is 314 g/mol. The van der Waals surface area contributed by atoms with Crippen molar-refractivity contribution in [3.63, 3.8) is 0 Å². The molecule has 1 fully saturated rings. The minimum atomic E-state index is -0.493. The molecule has 1 aromatic carbocycles. The zero-order valence-electron chi connectivity index (χ0n) is 12.6. The first-order valence-corrected chi connectivity index (χ1v) is 8.06. The normalized spacial score (nSPS) is 19.7. The van der Waals surface area contributed by atoms with Crippen molar-refractivity contribution in [3.05, 3.63) is 51.9 Å². The molecule has 0 radical (unpaired) electrons. The van der Waals surface area contributed by atoms with Crippen molar-refractivity contribution in [3.8, 4) is 0 Å². The van der Waals surface area contributed by atoms with Crippen LogP contribution in [0.2, 0.25) is 0 Å². The molecule has 0 aliphatic heterocycles. The largest absolute Gasteiger partial charge is 0.365 e. The predicted molar refractivity (Wildman–Crippen MR) is 88.2 cm³/mol. The van der Waals surface area contributed by atoms with Crippen LogP contribution in [0.25, 0.3) is 0 Å². The van der Waals surface area contributed by atoms with Crippen LogP contribution in [0.3, 0.4) is 0 Å². The van der Waals surface area contributed by atoms with Gasteiger partial charge >= 0.3 is 0 Å². The molecule has 3 rings (SSSR count). The van der Waals surface area contributed by atoms with Crippen LogP contribution < -0.4 is 11.1 Å². The van der Waals surface area contributed by atoms with Gasteiger partial charge in [0.15, 0.2) is 0 Å². The zero-order valence-corrected chi connectivity index (χ0v) is 13.4. The lowest BCUT2D eigenvalue weighted by Gasteiger charge is -2.05. The Morgan fingerprint density at radius 3 is 2.55 bits per heavy atom. The number of hydrogen-bond acceptors (Lipinski definition) is 3. The molecule has 1 aliphatic rings. The summed E-state index contributed by atoms with van der Waals surface area (Å²) in [6, 6.07) is 10.0. The molecule has 22 heavy (non-hydrogen) atoms. The van der Waals surface area contributed by atoms with Crippen LogP contribution in [0.1, 0.15) is 38.7 Å². The molecule has 0 saturated heterocycles. The van der Waals surface area contributed by atoms with E-state index in [9.17, 15) is 9.59 Å². The second kappa shape index (κ2) is 5.57. The minimum absolute atomic E-state index is 0.0224. The first-order chi connectivity index (χ1) is 10.5. The van der Waals surface area contributed by atoms with Gasteiger partial charge in [0.25, 0.3) is 5.91 Å². The third kappa shape index (κ3) is 2.64. The molecule has 5 heteroatoms. The first kappa shape index (κ1) is 14.8. The van der Waals surface area contributed by atoms with Gasteiger partial charge in [0.05, 0.1) is 5.56 Å². The predicted octanol–water partition coefficient (Wildman–Crippen LogP) is 3.21. The summed E-state index contributed by atoms with van der Waals surface area (Å²) in [6.07, 6.45) is 0.852. The fourth-order valence-corrected chi connectivity index (χ4v) is 3.84. The van der Waals surface area contributed by atoms with Crippen LogP contribution in [0, 0.1) is 19.8 Å². The number of primary amides is 1. The van der Waals surface area contributed by atoms with Gasteiger partial charge in [0.1, 0.15) is 5.00 Å². The average Bonchev–Trinajstić information content (AvgIpc) is 3.23. The highest BCUT2D eigenvalue weighted by Crippen LogP contribution is 2.48. The number of nitrogens with one attached hydrogen (secondary N) is 1. The zero-order chi connectivity index (χ0) is 15.9. The number of anilines is 1. The van der Waals surface area contributed by atoms with Crippen molar-refractivity contribution in [1.29, 1.82) is 0 Å². The lowest BCUT2D eigenvalue weighted by molar-refractivity contribution is -0.117. The second-order valence-corrected chi connectivity index (χ2v) is 6.92. The van der Waals surface area contributed by atoms with Crippen molar-refractivity contribution >= 4 is 28.2 Å². The molecule has 4 nitrogen and oxygen atoms in total. The molecule has 1 aliphatic carbocycles. The van der Waals surface area contributed by atoms with Gasteiger partial charge in [-0.15, -0.1) is 11.3 Å². The maximum absolute atomic E-state index is 12.4. The molecule has 1 aromatic heterocycles. The third-order valence-corrected chi connectivity index (χ3v) is 5.35. The molecule has 1 saturated carbocycles. The topological polar surface area (TPSA) is 72.2 Å². The van der Waals surface area contributed by atoms with E-state index in [1.807, 2.05) is 44.2 Å². The Morgan fingerprint density at radius 2 is 1.91 bits per heavy atom. The van der Waals surface area contributed by atoms with Crippen LogP contribution in [0.4, 0.5) is 5.00 Å². The van der Waals surface area contributed by atoms with Gasteiger partial charge in [-0.25, -0.2) is 0 Å².